The predicted molar refractivity (Wildman–Crippen MR) is 75.6 cm³/mol. The second kappa shape index (κ2) is 5.38. The molecule has 0 bridgehead atoms. The van der Waals surface area contributed by atoms with Crippen molar-refractivity contribution in [3.8, 4) is 5.13 Å². The highest BCUT2D eigenvalue weighted by atomic mass is 32.1. The molecule has 5 nitrogen and oxygen atoms in total. The highest BCUT2D eigenvalue weighted by molar-refractivity contribution is 7.13. The molecule has 1 N–H and O–H groups in total. The van der Waals surface area contributed by atoms with Gasteiger partial charge in [-0.05, 0) is 25.7 Å². The van der Waals surface area contributed by atoms with Crippen LogP contribution < -0.4 is 5.32 Å². The SMILES string of the molecule is CC(C)NCc1nnc(-n2cnc3c2CCCC3)s1. The Morgan fingerprint density at radius 1 is 1.32 bits per heavy atom. The fourth-order valence-electron chi connectivity index (χ4n) is 2.34. The van der Waals surface area contributed by atoms with Crippen LogP contribution in [0.2, 0.25) is 0 Å². The Hall–Kier alpha value is -1.27. The average Bonchev–Trinajstić information content (AvgIpc) is 3.02. The molecule has 0 amide bonds. The van der Waals surface area contributed by atoms with E-state index in [9.17, 15) is 0 Å². The number of aromatic nitrogens is 4. The number of nitrogens with zero attached hydrogens (tertiary/aromatic N) is 4. The number of imidazole rings is 1. The molecule has 2 aromatic heterocycles. The molecule has 0 saturated carbocycles. The lowest BCUT2D eigenvalue weighted by molar-refractivity contribution is 0.584. The van der Waals surface area contributed by atoms with Crippen molar-refractivity contribution in [2.24, 2.45) is 0 Å². The molecule has 3 rings (SSSR count). The third-order valence-electron chi connectivity index (χ3n) is 3.35. The number of fused-ring (bicyclic) bond motifs is 1. The molecule has 0 radical (unpaired) electrons. The van der Waals surface area contributed by atoms with Crippen molar-refractivity contribution in [3.05, 3.63) is 22.7 Å². The third kappa shape index (κ3) is 2.69. The normalized spacial score (nSPS) is 14.9. The molecule has 0 saturated heterocycles. The van der Waals surface area contributed by atoms with E-state index in [0.29, 0.717) is 6.04 Å². The molecule has 0 aromatic carbocycles. The smallest absolute Gasteiger partial charge is 0.217 e. The summed E-state index contributed by atoms with van der Waals surface area (Å²) in [6, 6.07) is 0.466. The highest BCUT2D eigenvalue weighted by Gasteiger charge is 2.18. The minimum absolute atomic E-state index is 0.466. The summed E-state index contributed by atoms with van der Waals surface area (Å²) in [5.74, 6) is 0. The molecule has 2 heterocycles. The molecule has 0 spiro atoms. The molecule has 0 aliphatic heterocycles. The number of aryl methyl sites for hydroxylation is 1. The van der Waals surface area contributed by atoms with Crippen LogP contribution in [0.5, 0.6) is 0 Å². The number of hydrogen-bond donors (Lipinski definition) is 1. The first-order valence-corrected chi connectivity index (χ1v) is 7.67. The fraction of sp³-hybridized carbons (Fsp3) is 0.615. The van der Waals surface area contributed by atoms with Gasteiger partial charge >= 0.3 is 0 Å². The summed E-state index contributed by atoms with van der Waals surface area (Å²) in [7, 11) is 0. The highest BCUT2D eigenvalue weighted by Crippen LogP contribution is 2.24. The zero-order valence-corrected chi connectivity index (χ0v) is 12.2. The summed E-state index contributed by atoms with van der Waals surface area (Å²) in [4.78, 5) is 4.50. The van der Waals surface area contributed by atoms with Crippen molar-refractivity contribution in [2.45, 2.75) is 52.1 Å². The third-order valence-corrected chi connectivity index (χ3v) is 4.28. The summed E-state index contributed by atoms with van der Waals surface area (Å²) < 4.78 is 2.12. The quantitative estimate of drug-likeness (QED) is 0.930. The van der Waals surface area contributed by atoms with Crippen LogP contribution in [0.4, 0.5) is 0 Å². The predicted octanol–water partition coefficient (Wildman–Crippen LogP) is 2.10. The van der Waals surface area contributed by atoms with Gasteiger partial charge in [0.1, 0.15) is 11.3 Å². The molecular weight excluding hydrogens is 258 g/mol. The van der Waals surface area contributed by atoms with Gasteiger partial charge in [0.15, 0.2) is 0 Å². The van der Waals surface area contributed by atoms with Crippen molar-refractivity contribution in [3.63, 3.8) is 0 Å². The van der Waals surface area contributed by atoms with E-state index in [2.05, 4.69) is 38.9 Å². The van der Waals surface area contributed by atoms with Gasteiger partial charge in [0.05, 0.1) is 5.69 Å². The van der Waals surface area contributed by atoms with Crippen LogP contribution >= 0.6 is 11.3 Å². The topological polar surface area (TPSA) is 55.6 Å². The van der Waals surface area contributed by atoms with Gasteiger partial charge in [0.2, 0.25) is 5.13 Å². The molecule has 102 valence electrons. The zero-order valence-electron chi connectivity index (χ0n) is 11.4. The maximum absolute atomic E-state index is 4.50. The summed E-state index contributed by atoms with van der Waals surface area (Å²) in [6.07, 6.45) is 6.61. The van der Waals surface area contributed by atoms with E-state index in [-0.39, 0.29) is 0 Å². The van der Waals surface area contributed by atoms with Crippen molar-refractivity contribution in [2.75, 3.05) is 0 Å². The Kier molecular flexibility index (Phi) is 3.61. The van der Waals surface area contributed by atoms with Crippen LogP contribution in [0.1, 0.15) is 43.1 Å². The second-order valence-corrected chi connectivity index (χ2v) is 6.27. The molecule has 19 heavy (non-hydrogen) atoms. The van der Waals surface area contributed by atoms with Gasteiger partial charge in [-0.2, -0.15) is 0 Å². The van der Waals surface area contributed by atoms with Gasteiger partial charge in [-0.1, -0.05) is 25.2 Å². The maximum Gasteiger partial charge on any atom is 0.217 e. The monoisotopic (exact) mass is 277 g/mol. The molecule has 0 atom stereocenters. The fourth-order valence-corrected chi connectivity index (χ4v) is 3.12. The Morgan fingerprint density at radius 3 is 3.00 bits per heavy atom. The van der Waals surface area contributed by atoms with Gasteiger partial charge in [-0.15, -0.1) is 10.2 Å². The average molecular weight is 277 g/mol. The van der Waals surface area contributed by atoms with E-state index in [1.54, 1.807) is 11.3 Å². The molecule has 1 aliphatic rings. The van der Waals surface area contributed by atoms with Crippen LogP contribution in [0.3, 0.4) is 0 Å². The van der Waals surface area contributed by atoms with Crippen molar-refractivity contribution in [1.29, 1.82) is 0 Å². The van der Waals surface area contributed by atoms with Crippen molar-refractivity contribution in [1.82, 2.24) is 25.1 Å². The first kappa shape index (κ1) is 12.7. The Morgan fingerprint density at radius 2 is 2.16 bits per heavy atom. The van der Waals surface area contributed by atoms with E-state index >= 15 is 0 Å². The summed E-state index contributed by atoms with van der Waals surface area (Å²) in [5.41, 5.74) is 2.56. The first-order valence-electron chi connectivity index (χ1n) is 6.85. The molecule has 0 unspecified atom stereocenters. The Bertz CT molecular complexity index is 557. The van der Waals surface area contributed by atoms with Crippen LogP contribution in [0.15, 0.2) is 6.33 Å². The second-order valence-electron chi connectivity index (χ2n) is 5.23. The molecule has 2 aromatic rings. The first-order chi connectivity index (χ1) is 9.24. The van der Waals surface area contributed by atoms with Gasteiger partial charge in [0.25, 0.3) is 0 Å². The van der Waals surface area contributed by atoms with Crippen molar-refractivity contribution < 1.29 is 0 Å². The lowest BCUT2D eigenvalue weighted by atomic mass is 10.0. The lowest BCUT2D eigenvalue weighted by Crippen LogP contribution is -2.21. The maximum atomic E-state index is 4.50. The Balaban J connectivity index is 1.80. The van der Waals surface area contributed by atoms with E-state index in [1.807, 2.05) is 6.33 Å². The van der Waals surface area contributed by atoms with Gasteiger partial charge < -0.3 is 5.32 Å². The van der Waals surface area contributed by atoms with Gasteiger partial charge in [0, 0.05) is 18.3 Å². The van der Waals surface area contributed by atoms with E-state index in [1.165, 1.54) is 24.2 Å². The summed E-state index contributed by atoms with van der Waals surface area (Å²) >= 11 is 1.64. The van der Waals surface area contributed by atoms with Crippen LogP contribution in [0.25, 0.3) is 5.13 Å². The Labute approximate surface area is 117 Å². The number of hydrogen-bond acceptors (Lipinski definition) is 5. The minimum atomic E-state index is 0.466. The lowest BCUT2D eigenvalue weighted by Gasteiger charge is -2.11. The zero-order chi connectivity index (χ0) is 13.2. The van der Waals surface area contributed by atoms with Crippen LogP contribution in [-0.2, 0) is 19.4 Å². The van der Waals surface area contributed by atoms with E-state index in [4.69, 9.17) is 0 Å². The number of nitrogens with one attached hydrogen (secondary N) is 1. The molecule has 1 aliphatic carbocycles. The standard InChI is InChI=1S/C13H19N5S/c1-9(2)14-7-12-16-17-13(19-12)18-8-15-10-5-3-4-6-11(10)18/h8-9,14H,3-7H2,1-2H3. The number of rotatable bonds is 4. The largest absolute Gasteiger partial charge is 0.308 e. The summed E-state index contributed by atoms with van der Waals surface area (Å²) in [5, 5.41) is 13.9. The van der Waals surface area contributed by atoms with Gasteiger partial charge in [-0.3, -0.25) is 4.57 Å². The minimum Gasteiger partial charge on any atom is -0.308 e. The molecule has 6 heteroatoms. The van der Waals surface area contributed by atoms with Crippen LogP contribution in [0, 0.1) is 0 Å². The van der Waals surface area contributed by atoms with Crippen LogP contribution in [-0.4, -0.2) is 25.8 Å². The molecule has 0 fully saturated rings. The van der Waals surface area contributed by atoms with E-state index < -0.39 is 0 Å². The molecular formula is C13H19N5S. The van der Waals surface area contributed by atoms with E-state index in [0.717, 1.165) is 29.5 Å². The summed E-state index contributed by atoms with van der Waals surface area (Å²) in [6.45, 7) is 5.05. The van der Waals surface area contributed by atoms with Gasteiger partial charge in [-0.25, -0.2) is 4.98 Å². The van der Waals surface area contributed by atoms with Crippen molar-refractivity contribution >= 4 is 11.3 Å².